The quantitative estimate of drug-likeness (QED) is 0.802. The second kappa shape index (κ2) is 10.1. The van der Waals surface area contributed by atoms with E-state index in [1.165, 1.54) is 6.42 Å². The van der Waals surface area contributed by atoms with Gasteiger partial charge in [0.2, 0.25) is 5.91 Å². The molecule has 2 aliphatic rings. The molecule has 6 nitrogen and oxygen atoms in total. The molecule has 1 heterocycles. The van der Waals surface area contributed by atoms with Crippen molar-refractivity contribution in [2.75, 3.05) is 38.2 Å². The predicted molar refractivity (Wildman–Crippen MR) is 108 cm³/mol. The van der Waals surface area contributed by atoms with Crippen LogP contribution in [0.2, 0.25) is 0 Å². The van der Waals surface area contributed by atoms with Crippen LogP contribution in [0.25, 0.3) is 0 Å². The zero-order valence-corrected chi connectivity index (χ0v) is 16.6. The number of morpholine rings is 1. The maximum atomic E-state index is 12.6. The van der Waals surface area contributed by atoms with E-state index in [1.54, 1.807) is 17.0 Å². The molecule has 0 radical (unpaired) electrons. The molecule has 0 bridgehead atoms. The van der Waals surface area contributed by atoms with Gasteiger partial charge in [-0.05, 0) is 43.0 Å². The summed E-state index contributed by atoms with van der Waals surface area (Å²) >= 11 is 0. The number of nitrogens with zero attached hydrogens (tertiary/aromatic N) is 1. The molecule has 0 aromatic heterocycles. The van der Waals surface area contributed by atoms with Gasteiger partial charge in [-0.15, -0.1) is 12.4 Å². The van der Waals surface area contributed by atoms with E-state index in [9.17, 15) is 9.59 Å². The van der Waals surface area contributed by atoms with E-state index in [-0.39, 0.29) is 29.6 Å². The molecule has 1 saturated carbocycles. The van der Waals surface area contributed by atoms with Gasteiger partial charge in [0.15, 0.2) is 0 Å². The van der Waals surface area contributed by atoms with E-state index < -0.39 is 0 Å². The third-order valence-corrected chi connectivity index (χ3v) is 5.57. The van der Waals surface area contributed by atoms with Crippen LogP contribution in [-0.2, 0) is 9.53 Å². The number of amides is 2. The molecule has 0 spiro atoms. The number of nitrogens with two attached hydrogens (primary N) is 1. The van der Waals surface area contributed by atoms with E-state index in [0.29, 0.717) is 50.5 Å². The van der Waals surface area contributed by atoms with Crippen molar-refractivity contribution in [1.29, 1.82) is 0 Å². The van der Waals surface area contributed by atoms with Gasteiger partial charge in [-0.2, -0.15) is 0 Å². The summed E-state index contributed by atoms with van der Waals surface area (Å²) in [6, 6.07) is 7.17. The summed E-state index contributed by atoms with van der Waals surface area (Å²) in [6.07, 6.45) is 6.02. The highest BCUT2D eigenvalue weighted by Crippen LogP contribution is 2.38. The standard InChI is InChI=1S/C20H29N3O3.ClH/c21-15-20(7-2-1-3-8-20)14-18(24)22-17-6-4-5-16(13-17)19(25)23-9-11-26-12-10-23;/h4-6,13H,1-3,7-12,14-15,21H2,(H,22,24);1H. The first-order valence-electron chi connectivity index (χ1n) is 9.59. The number of anilines is 1. The van der Waals surface area contributed by atoms with Gasteiger partial charge >= 0.3 is 0 Å². The molecule has 0 unspecified atom stereocenters. The summed E-state index contributed by atoms with van der Waals surface area (Å²) < 4.78 is 5.29. The first kappa shape index (κ1) is 21.7. The molecule has 1 aliphatic carbocycles. The number of ether oxygens (including phenoxy) is 1. The van der Waals surface area contributed by atoms with Gasteiger partial charge < -0.3 is 20.7 Å². The minimum Gasteiger partial charge on any atom is -0.378 e. The minimum absolute atomic E-state index is 0. The lowest BCUT2D eigenvalue weighted by molar-refractivity contribution is -0.118. The summed E-state index contributed by atoms with van der Waals surface area (Å²) in [7, 11) is 0. The first-order valence-corrected chi connectivity index (χ1v) is 9.59. The lowest BCUT2D eigenvalue weighted by Crippen LogP contribution is -2.40. The molecule has 27 heavy (non-hydrogen) atoms. The van der Waals surface area contributed by atoms with E-state index in [2.05, 4.69) is 5.32 Å². The van der Waals surface area contributed by atoms with Crippen LogP contribution in [0.4, 0.5) is 5.69 Å². The van der Waals surface area contributed by atoms with Crippen molar-refractivity contribution in [1.82, 2.24) is 4.90 Å². The monoisotopic (exact) mass is 395 g/mol. The van der Waals surface area contributed by atoms with Crippen LogP contribution in [0.3, 0.4) is 0 Å². The lowest BCUT2D eigenvalue weighted by Gasteiger charge is -2.35. The van der Waals surface area contributed by atoms with E-state index >= 15 is 0 Å². The average molecular weight is 396 g/mol. The number of nitrogens with one attached hydrogen (secondary N) is 1. The maximum absolute atomic E-state index is 12.6. The molecule has 2 amide bonds. The molecule has 150 valence electrons. The van der Waals surface area contributed by atoms with Gasteiger partial charge in [0.1, 0.15) is 0 Å². The van der Waals surface area contributed by atoms with Gasteiger partial charge in [-0.3, -0.25) is 9.59 Å². The molecule has 1 aliphatic heterocycles. The Morgan fingerprint density at radius 1 is 1.15 bits per heavy atom. The molecular formula is C20H30ClN3O3. The van der Waals surface area contributed by atoms with Crippen LogP contribution in [0.1, 0.15) is 48.9 Å². The van der Waals surface area contributed by atoms with Crippen LogP contribution in [0.15, 0.2) is 24.3 Å². The highest BCUT2D eigenvalue weighted by Gasteiger charge is 2.33. The Balaban J connectivity index is 0.00000261. The topological polar surface area (TPSA) is 84.7 Å². The summed E-state index contributed by atoms with van der Waals surface area (Å²) in [4.78, 5) is 26.9. The SMILES string of the molecule is Cl.NCC1(CC(=O)Nc2cccc(C(=O)N3CCOCC3)c2)CCCCC1. The van der Waals surface area contributed by atoms with Gasteiger partial charge in [-0.1, -0.05) is 25.3 Å². The fraction of sp³-hybridized carbons (Fsp3) is 0.600. The van der Waals surface area contributed by atoms with Gasteiger partial charge in [-0.25, -0.2) is 0 Å². The fourth-order valence-corrected chi connectivity index (χ4v) is 3.98. The number of carbonyl (C=O) groups is 2. The van der Waals surface area contributed by atoms with Crippen molar-refractivity contribution >= 4 is 29.9 Å². The molecule has 7 heteroatoms. The lowest BCUT2D eigenvalue weighted by atomic mass is 9.71. The number of rotatable bonds is 5. The van der Waals surface area contributed by atoms with Gasteiger partial charge in [0.25, 0.3) is 5.91 Å². The third-order valence-electron chi connectivity index (χ3n) is 5.57. The van der Waals surface area contributed by atoms with Crippen molar-refractivity contribution in [2.45, 2.75) is 38.5 Å². The van der Waals surface area contributed by atoms with E-state index in [0.717, 1.165) is 25.7 Å². The van der Waals surface area contributed by atoms with Crippen LogP contribution >= 0.6 is 12.4 Å². The Bertz CT molecular complexity index is 641. The number of carbonyl (C=O) groups excluding carboxylic acids is 2. The zero-order valence-electron chi connectivity index (χ0n) is 15.7. The van der Waals surface area contributed by atoms with Gasteiger partial charge in [0.05, 0.1) is 13.2 Å². The van der Waals surface area contributed by atoms with Crippen molar-refractivity contribution in [2.24, 2.45) is 11.1 Å². The Morgan fingerprint density at radius 3 is 2.52 bits per heavy atom. The highest BCUT2D eigenvalue weighted by molar-refractivity contribution is 5.97. The average Bonchev–Trinajstić information content (AvgIpc) is 2.69. The van der Waals surface area contributed by atoms with E-state index in [1.807, 2.05) is 12.1 Å². The van der Waals surface area contributed by atoms with Crippen LogP contribution in [0.5, 0.6) is 0 Å². The Kier molecular flexibility index (Phi) is 8.07. The molecular weight excluding hydrogens is 366 g/mol. The smallest absolute Gasteiger partial charge is 0.254 e. The number of benzene rings is 1. The summed E-state index contributed by atoms with van der Waals surface area (Å²) in [5.74, 6) is -0.0385. The Labute approximate surface area is 167 Å². The molecule has 0 atom stereocenters. The second-order valence-corrected chi connectivity index (χ2v) is 7.48. The normalized spacial score (nSPS) is 19.1. The van der Waals surface area contributed by atoms with Crippen molar-refractivity contribution in [3.8, 4) is 0 Å². The predicted octanol–water partition coefficient (Wildman–Crippen LogP) is 2.82. The Hall–Kier alpha value is -1.63. The molecule has 1 aromatic rings. The van der Waals surface area contributed by atoms with Gasteiger partial charge in [0, 0.05) is 30.8 Å². The third kappa shape index (κ3) is 5.67. The number of halogens is 1. The second-order valence-electron chi connectivity index (χ2n) is 7.48. The molecule has 3 N–H and O–H groups in total. The van der Waals surface area contributed by atoms with Crippen molar-refractivity contribution in [3.05, 3.63) is 29.8 Å². The van der Waals surface area contributed by atoms with Crippen molar-refractivity contribution in [3.63, 3.8) is 0 Å². The largest absolute Gasteiger partial charge is 0.378 e. The van der Waals surface area contributed by atoms with Crippen LogP contribution in [0, 0.1) is 5.41 Å². The summed E-state index contributed by atoms with van der Waals surface area (Å²) in [5, 5.41) is 2.96. The molecule has 3 rings (SSSR count). The van der Waals surface area contributed by atoms with Crippen LogP contribution in [-0.4, -0.2) is 49.6 Å². The fourth-order valence-electron chi connectivity index (χ4n) is 3.98. The first-order chi connectivity index (χ1) is 12.6. The zero-order chi connectivity index (χ0) is 18.4. The minimum atomic E-state index is -0.0659. The number of hydrogen-bond donors (Lipinski definition) is 2. The van der Waals surface area contributed by atoms with Crippen LogP contribution < -0.4 is 11.1 Å². The summed E-state index contributed by atoms with van der Waals surface area (Å²) in [6.45, 7) is 2.91. The van der Waals surface area contributed by atoms with Crippen molar-refractivity contribution < 1.29 is 14.3 Å². The number of hydrogen-bond acceptors (Lipinski definition) is 4. The Morgan fingerprint density at radius 2 is 1.85 bits per heavy atom. The molecule has 1 saturated heterocycles. The molecule has 1 aromatic carbocycles. The summed E-state index contributed by atoms with van der Waals surface area (Å²) in [5.41, 5.74) is 7.18. The van der Waals surface area contributed by atoms with E-state index in [4.69, 9.17) is 10.5 Å². The highest BCUT2D eigenvalue weighted by atomic mass is 35.5. The molecule has 2 fully saturated rings. The maximum Gasteiger partial charge on any atom is 0.254 e.